The van der Waals surface area contributed by atoms with Gasteiger partial charge in [-0.25, -0.2) is 8.42 Å². The first kappa shape index (κ1) is 16.0. The lowest BCUT2D eigenvalue weighted by Gasteiger charge is -2.13. The van der Waals surface area contributed by atoms with E-state index < -0.39 is 10.0 Å². The lowest BCUT2D eigenvalue weighted by Crippen LogP contribution is -2.14. The molecule has 0 amide bonds. The van der Waals surface area contributed by atoms with Gasteiger partial charge < -0.3 is 20.1 Å². The highest BCUT2D eigenvalue weighted by atomic mass is 32.2. The molecule has 0 unspecified atom stereocenters. The quantitative estimate of drug-likeness (QED) is 0.771. The van der Waals surface area contributed by atoms with Crippen LogP contribution < -0.4 is 24.8 Å². The summed E-state index contributed by atoms with van der Waals surface area (Å²) in [5.74, 6) is 1.30. The largest absolute Gasteiger partial charge is 0.497 e. The number of hydrogen-bond acceptors (Lipinski definition) is 6. The molecule has 1 aliphatic heterocycles. The van der Waals surface area contributed by atoms with Crippen molar-refractivity contribution in [2.75, 3.05) is 29.6 Å². The van der Waals surface area contributed by atoms with E-state index in [9.17, 15) is 8.42 Å². The molecule has 0 fully saturated rings. The van der Waals surface area contributed by atoms with E-state index in [0.717, 1.165) is 11.4 Å². The van der Waals surface area contributed by atoms with Crippen LogP contribution in [0.25, 0.3) is 0 Å². The fraction of sp³-hybridized carbons (Fsp3) is 0.125. The molecule has 3 N–H and O–H groups in total. The van der Waals surface area contributed by atoms with E-state index >= 15 is 0 Å². The number of sulfonamides is 1. The van der Waals surface area contributed by atoms with E-state index in [1.165, 1.54) is 20.3 Å². The molecule has 8 heteroatoms. The highest BCUT2D eigenvalue weighted by Crippen LogP contribution is 2.34. The topological polar surface area (TPSA) is 88.7 Å². The average Bonchev–Trinajstić information content (AvgIpc) is 2.93. The summed E-state index contributed by atoms with van der Waals surface area (Å²) in [5, 5.41) is 6.05. The maximum absolute atomic E-state index is 12.7. The molecular weight excluding hydrogens is 330 g/mol. The average molecular weight is 347 g/mol. The van der Waals surface area contributed by atoms with Gasteiger partial charge in [-0.3, -0.25) is 4.72 Å². The van der Waals surface area contributed by atoms with Crippen LogP contribution in [0.1, 0.15) is 0 Å². The lowest BCUT2D eigenvalue weighted by molar-refractivity contribution is 0.392. The molecule has 1 aliphatic rings. The third-order valence-electron chi connectivity index (χ3n) is 3.50. The van der Waals surface area contributed by atoms with Gasteiger partial charge in [0.2, 0.25) is 0 Å². The molecule has 0 aliphatic carbocycles. The molecule has 0 saturated heterocycles. The van der Waals surface area contributed by atoms with Gasteiger partial charge in [-0.1, -0.05) is 6.58 Å². The molecule has 7 nitrogen and oxygen atoms in total. The second-order valence-electron chi connectivity index (χ2n) is 5.11. The summed E-state index contributed by atoms with van der Waals surface area (Å²) in [4.78, 5) is 0.000317. The summed E-state index contributed by atoms with van der Waals surface area (Å²) < 4.78 is 38.2. The Balaban J connectivity index is 1.95. The van der Waals surface area contributed by atoms with Gasteiger partial charge in [0.25, 0.3) is 10.0 Å². The fourth-order valence-corrected chi connectivity index (χ4v) is 3.62. The van der Waals surface area contributed by atoms with Crippen LogP contribution in [-0.4, -0.2) is 22.6 Å². The zero-order valence-electron chi connectivity index (χ0n) is 13.2. The summed E-state index contributed by atoms with van der Waals surface area (Å²) in [6.45, 7) is 3.77. The van der Waals surface area contributed by atoms with Crippen molar-refractivity contribution in [3.8, 4) is 11.5 Å². The minimum atomic E-state index is -3.85. The molecule has 0 radical (unpaired) electrons. The summed E-state index contributed by atoms with van der Waals surface area (Å²) in [7, 11) is -0.961. The Kier molecular flexibility index (Phi) is 3.98. The maximum Gasteiger partial charge on any atom is 0.265 e. The second-order valence-corrected chi connectivity index (χ2v) is 6.76. The van der Waals surface area contributed by atoms with Crippen LogP contribution in [0.5, 0.6) is 11.5 Å². The molecule has 0 aromatic heterocycles. The molecule has 0 saturated carbocycles. The fourth-order valence-electron chi connectivity index (χ4n) is 2.38. The smallest absolute Gasteiger partial charge is 0.265 e. The highest BCUT2D eigenvalue weighted by molar-refractivity contribution is 7.92. The van der Waals surface area contributed by atoms with Crippen LogP contribution in [0.2, 0.25) is 0 Å². The van der Waals surface area contributed by atoms with Crippen LogP contribution in [0.15, 0.2) is 53.7 Å². The van der Waals surface area contributed by atoms with Crippen molar-refractivity contribution in [3.63, 3.8) is 0 Å². The predicted octanol–water partition coefficient (Wildman–Crippen LogP) is 2.81. The molecular formula is C16H17N3O4S. The van der Waals surface area contributed by atoms with Gasteiger partial charge in [0, 0.05) is 6.07 Å². The van der Waals surface area contributed by atoms with Crippen molar-refractivity contribution >= 4 is 27.1 Å². The Morgan fingerprint density at radius 2 is 1.75 bits per heavy atom. The van der Waals surface area contributed by atoms with Gasteiger partial charge in [0.15, 0.2) is 0 Å². The number of benzene rings is 2. The number of anilines is 3. The first-order valence-electron chi connectivity index (χ1n) is 7.05. The number of hydrogen-bond donors (Lipinski definition) is 3. The number of fused-ring (bicyclic) bond motifs is 1. The van der Waals surface area contributed by atoms with E-state index in [4.69, 9.17) is 9.47 Å². The monoisotopic (exact) mass is 347 g/mol. The zero-order valence-corrected chi connectivity index (χ0v) is 14.0. The van der Waals surface area contributed by atoms with E-state index in [0.29, 0.717) is 17.3 Å². The van der Waals surface area contributed by atoms with Crippen molar-refractivity contribution in [1.29, 1.82) is 0 Å². The van der Waals surface area contributed by atoms with Crippen molar-refractivity contribution < 1.29 is 17.9 Å². The molecule has 0 spiro atoms. The Bertz CT molecular complexity index is 910. The molecule has 0 bridgehead atoms. The van der Waals surface area contributed by atoms with Gasteiger partial charge in [-0.05, 0) is 30.3 Å². The second kappa shape index (κ2) is 5.97. The summed E-state index contributed by atoms with van der Waals surface area (Å²) in [6, 6.07) is 9.71. The molecule has 0 atom stereocenters. The van der Waals surface area contributed by atoms with Gasteiger partial charge >= 0.3 is 0 Å². The zero-order chi connectivity index (χ0) is 17.3. The molecule has 24 heavy (non-hydrogen) atoms. The van der Waals surface area contributed by atoms with Gasteiger partial charge in [0.05, 0.1) is 31.3 Å². The Hall–Kier alpha value is -2.87. The standard InChI is InChI=1S/C16H17N3O4S/c1-10-17-13-6-4-11(8-14(13)18-10)19-24(20,21)16-9-12(22-2)5-7-15(16)23-3/h4-9,17-19H,1H2,2-3H3. The molecule has 2 aromatic rings. The van der Waals surface area contributed by atoms with Crippen LogP contribution in [0.4, 0.5) is 17.1 Å². The Morgan fingerprint density at radius 3 is 2.46 bits per heavy atom. The van der Waals surface area contributed by atoms with Crippen molar-refractivity contribution in [1.82, 2.24) is 0 Å². The van der Waals surface area contributed by atoms with Crippen LogP contribution >= 0.6 is 0 Å². The van der Waals surface area contributed by atoms with E-state index in [1.807, 2.05) is 0 Å². The number of nitrogens with one attached hydrogen (secondary N) is 3. The summed E-state index contributed by atoms with van der Waals surface area (Å²) >= 11 is 0. The minimum Gasteiger partial charge on any atom is -0.497 e. The molecule has 2 aromatic carbocycles. The van der Waals surface area contributed by atoms with Gasteiger partial charge in [-0.2, -0.15) is 0 Å². The van der Waals surface area contributed by atoms with E-state index in [1.54, 1.807) is 30.3 Å². The predicted molar refractivity (Wildman–Crippen MR) is 93.2 cm³/mol. The first-order chi connectivity index (χ1) is 11.4. The Labute approximate surface area is 140 Å². The van der Waals surface area contributed by atoms with E-state index in [-0.39, 0.29) is 10.6 Å². The Morgan fingerprint density at radius 1 is 1.00 bits per heavy atom. The SMILES string of the molecule is C=C1Nc2ccc(NS(=O)(=O)c3cc(OC)ccc3OC)cc2N1. The normalized spacial score (nSPS) is 12.8. The lowest BCUT2D eigenvalue weighted by atomic mass is 10.2. The number of methoxy groups -OCH3 is 2. The third kappa shape index (κ3) is 2.95. The minimum absolute atomic E-state index is 0.000317. The maximum atomic E-state index is 12.7. The number of ether oxygens (including phenoxy) is 2. The van der Waals surface area contributed by atoms with Crippen molar-refractivity contribution in [2.24, 2.45) is 0 Å². The van der Waals surface area contributed by atoms with Crippen molar-refractivity contribution in [2.45, 2.75) is 4.90 Å². The van der Waals surface area contributed by atoms with E-state index in [2.05, 4.69) is 21.9 Å². The molecule has 1 heterocycles. The van der Waals surface area contributed by atoms with Crippen molar-refractivity contribution in [3.05, 3.63) is 48.8 Å². The van der Waals surface area contributed by atoms with Crippen LogP contribution in [0.3, 0.4) is 0 Å². The van der Waals surface area contributed by atoms with Gasteiger partial charge in [0.1, 0.15) is 22.2 Å². The first-order valence-corrected chi connectivity index (χ1v) is 8.53. The summed E-state index contributed by atoms with van der Waals surface area (Å²) in [6.07, 6.45) is 0. The van der Waals surface area contributed by atoms with Crippen LogP contribution in [0, 0.1) is 0 Å². The van der Waals surface area contributed by atoms with Crippen LogP contribution in [-0.2, 0) is 10.0 Å². The third-order valence-corrected chi connectivity index (χ3v) is 4.91. The molecule has 126 valence electrons. The number of rotatable bonds is 5. The highest BCUT2D eigenvalue weighted by Gasteiger charge is 2.22. The molecule has 3 rings (SSSR count). The van der Waals surface area contributed by atoms with Gasteiger partial charge in [-0.15, -0.1) is 0 Å². The summed E-state index contributed by atoms with van der Waals surface area (Å²) in [5.41, 5.74) is 2.00.